The lowest BCUT2D eigenvalue weighted by atomic mass is 10.2. The summed E-state index contributed by atoms with van der Waals surface area (Å²) in [7, 11) is 0. The summed E-state index contributed by atoms with van der Waals surface area (Å²) in [5.41, 5.74) is 1.81. The van der Waals surface area contributed by atoms with E-state index in [1.807, 2.05) is 44.3 Å². The lowest BCUT2D eigenvalue weighted by molar-refractivity contribution is -0.114. The number of aliphatic imine (C=N–C) groups is 1. The molecule has 0 spiro atoms. The van der Waals surface area contributed by atoms with Crippen LogP contribution in [0, 0.1) is 6.92 Å². The molecule has 24 heavy (non-hydrogen) atoms. The number of nitrogens with one attached hydrogen (secondary N) is 3. The number of nitrogens with zero attached hydrogens (tertiary/aromatic N) is 2. The molecule has 0 aliphatic heterocycles. The summed E-state index contributed by atoms with van der Waals surface area (Å²) in [6.45, 7) is 7.54. The van der Waals surface area contributed by atoms with Gasteiger partial charge in [0.05, 0.1) is 13.1 Å². The van der Waals surface area contributed by atoms with Gasteiger partial charge in [-0.1, -0.05) is 12.1 Å². The SMILES string of the molecule is CCNC(=NCc1cccc(NC(C)=O)c1)NCc1ncc(C)s1. The van der Waals surface area contributed by atoms with Gasteiger partial charge in [-0.3, -0.25) is 4.79 Å². The number of hydrogen-bond acceptors (Lipinski definition) is 4. The lowest BCUT2D eigenvalue weighted by Crippen LogP contribution is -2.36. The van der Waals surface area contributed by atoms with Crippen LogP contribution in [0.4, 0.5) is 5.69 Å². The van der Waals surface area contributed by atoms with Crippen LogP contribution >= 0.6 is 11.3 Å². The van der Waals surface area contributed by atoms with E-state index < -0.39 is 0 Å². The Kier molecular flexibility index (Phi) is 6.74. The molecule has 1 heterocycles. The van der Waals surface area contributed by atoms with Crippen molar-refractivity contribution < 1.29 is 4.79 Å². The first-order valence-corrected chi connectivity index (χ1v) is 8.68. The van der Waals surface area contributed by atoms with Crippen molar-refractivity contribution in [1.82, 2.24) is 15.6 Å². The lowest BCUT2D eigenvalue weighted by Gasteiger charge is -2.10. The predicted octanol–water partition coefficient (Wildman–Crippen LogP) is 2.67. The average Bonchev–Trinajstić information content (AvgIpc) is 2.95. The molecule has 1 aromatic heterocycles. The van der Waals surface area contributed by atoms with Crippen LogP contribution in [0.3, 0.4) is 0 Å². The van der Waals surface area contributed by atoms with Crippen molar-refractivity contribution in [2.24, 2.45) is 4.99 Å². The second kappa shape index (κ2) is 9.02. The predicted molar refractivity (Wildman–Crippen MR) is 99.3 cm³/mol. The molecular weight excluding hydrogens is 322 g/mol. The van der Waals surface area contributed by atoms with Gasteiger partial charge in [0.1, 0.15) is 5.01 Å². The molecule has 0 atom stereocenters. The first-order valence-electron chi connectivity index (χ1n) is 7.87. The highest BCUT2D eigenvalue weighted by Crippen LogP contribution is 2.12. The van der Waals surface area contributed by atoms with Crippen LogP contribution in [0.25, 0.3) is 0 Å². The number of benzene rings is 1. The zero-order valence-corrected chi connectivity index (χ0v) is 15.0. The number of carbonyl (C=O) groups is 1. The van der Waals surface area contributed by atoms with Crippen LogP contribution in [0.2, 0.25) is 0 Å². The normalized spacial score (nSPS) is 11.2. The van der Waals surface area contributed by atoms with Crippen molar-refractivity contribution in [3.05, 3.63) is 45.9 Å². The second-order valence-corrected chi connectivity index (χ2v) is 6.61. The number of aromatic nitrogens is 1. The molecule has 6 nitrogen and oxygen atoms in total. The number of anilines is 1. The molecule has 0 aliphatic rings. The summed E-state index contributed by atoms with van der Waals surface area (Å²) in [6, 6.07) is 7.69. The minimum Gasteiger partial charge on any atom is -0.357 e. The van der Waals surface area contributed by atoms with Gasteiger partial charge >= 0.3 is 0 Å². The van der Waals surface area contributed by atoms with Gasteiger partial charge in [0, 0.05) is 30.2 Å². The summed E-state index contributed by atoms with van der Waals surface area (Å²) in [5.74, 6) is 0.666. The Morgan fingerprint density at radius 1 is 1.33 bits per heavy atom. The standard InChI is InChI=1S/C17H23N5OS/c1-4-18-17(21-11-16-19-9-12(2)24-16)20-10-14-6-5-7-15(8-14)22-13(3)23/h5-9H,4,10-11H2,1-3H3,(H,22,23)(H2,18,20,21). The number of thiazole rings is 1. The average molecular weight is 345 g/mol. The minimum absolute atomic E-state index is 0.0793. The molecule has 0 saturated carbocycles. The summed E-state index contributed by atoms with van der Waals surface area (Å²) in [5, 5.41) is 10.3. The number of rotatable bonds is 6. The fraction of sp³-hybridized carbons (Fsp3) is 0.353. The van der Waals surface area contributed by atoms with Gasteiger partial charge in [0.15, 0.2) is 5.96 Å². The molecule has 3 N–H and O–H groups in total. The van der Waals surface area contributed by atoms with Crippen molar-refractivity contribution in [2.75, 3.05) is 11.9 Å². The maximum atomic E-state index is 11.1. The Labute approximate surface area is 146 Å². The molecule has 0 radical (unpaired) electrons. The third-order valence-corrected chi connectivity index (χ3v) is 4.00. The summed E-state index contributed by atoms with van der Waals surface area (Å²) < 4.78 is 0. The van der Waals surface area contributed by atoms with E-state index in [1.165, 1.54) is 11.8 Å². The van der Waals surface area contributed by atoms with E-state index in [0.29, 0.717) is 13.1 Å². The molecule has 2 rings (SSSR count). The quantitative estimate of drug-likeness (QED) is 0.555. The molecule has 1 aromatic carbocycles. The molecule has 128 valence electrons. The van der Waals surface area contributed by atoms with Crippen molar-refractivity contribution in [3.63, 3.8) is 0 Å². The monoisotopic (exact) mass is 345 g/mol. The molecule has 0 unspecified atom stereocenters. The van der Waals surface area contributed by atoms with E-state index in [9.17, 15) is 4.79 Å². The van der Waals surface area contributed by atoms with Gasteiger partial charge in [0.25, 0.3) is 0 Å². The maximum absolute atomic E-state index is 11.1. The van der Waals surface area contributed by atoms with Crippen molar-refractivity contribution in [1.29, 1.82) is 0 Å². The molecule has 0 fully saturated rings. The highest BCUT2D eigenvalue weighted by Gasteiger charge is 2.02. The number of hydrogen-bond donors (Lipinski definition) is 3. The zero-order chi connectivity index (χ0) is 17.4. The molecule has 7 heteroatoms. The molecular formula is C17H23N5OS. The maximum Gasteiger partial charge on any atom is 0.221 e. The highest BCUT2D eigenvalue weighted by atomic mass is 32.1. The summed E-state index contributed by atoms with van der Waals surface area (Å²) in [6.07, 6.45) is 1.87. The van der Waals surface area contributed by atoms with Crippen molar-refractivity contribution >= 4 is 28.9 Å². The van der Waals surface area contributed by atoms with E-state index in [1.54, 1.807) is 11.3 Å². The van der Waals surface area contributed by atoms with Crippen LogP contribution in [-0.2, 0) is 17.9 Å². The van der Waals surface area contributed by atoms with E-state index >= 15 is 0 Å². The van der Waals surface area contributed by atoms with Crippen LogP contribution in [0.5, 0.6) is 0 Å². The van der Waals surface area contributed by atoms with Crippen molar-refractivity contribution in [2.45, 2.75) is 33.9 Å². The first-order chi connectivity index (χ1) is 11.6. The molecule has 2 aromatic rings. The Hall–Kier alpha value is -2.41. The van der Waals surface area contributed by atoms with Crippen LogP contribution < -0.4 is 16.0 Å². The van der Waals surface area contributed by atoms with E-state index in [0.717, 1.165) is 28.8 Å². The first kappa shape index (κ1) is 17.9. The number of guanidine groups is 1. The second-order valence-electron chi connectivity index (χ2n) is 5.29. The van der Waals surface area contributed by atoms with Gasteiger partial charge in [-0.15, -0.1) is 11.3 Å². The molecule has 0 saturated heterocycles. The van der Waals surface area contributed by atoms with E-state index in [4.69, 9.17) is 0 Å². The van der Waals surface area contributed by atoms with Crippen LogP contribution in [0.1, 0.15) is 29.3 Å². The Bertz CT molecular complexity index is 711. The number of amides is 1. The molecule has 1 amide bonds. The summed E-state index contributed by atoms with van der Waals surface area (Å²) >= 11 is 1.67. The van der Waals surface area contributed by atoms with Crippen LogP contribution in [-0.4, -0.2) is 23.4 Å². The van der Waals surface area contributed by atoms with Gasteiger partial charge < -0.3 is 16.0 Å². The Balaban J connectivity index is 1.98. The van der Waals surface area contributed by atoms with Gasteiger partial charge in [-0.2, -0.15) is 0 Å². The largest absolute Gasteiger partial charge is 0.357 e. The van der Waals surface area contributed by atoms with Crippen molar-refractivity contribution in [3.8, 4) is 0 Å². The number of aryl methyl sites for hydroxylation is 1. The zero-order valence-electron chi connectivity index (χ0n) is 14.2. The van der Waals surface area contributed by atoms with Gasteiger partial charge in [-0.25, -0.2) is 9.98 Å². The van der Waals surface area contributed by atoms with E-state index in [-0.39, 0.29) is 5.91 Å². The third-order valence-electron chi connectivity index (χ3n) is 3.09. The number of carbonyl (C=O) groups excluding carboxylic acids is 1. The molecule has 0 bridgehead atoms. The smallest absolute Gasteiger partial charge is 0.221 e. The fourth-order valence-electron chi connectivity index (χ4n) is 2.11. The topological polar surface area (TPSA) is 78.4 Å². The van der Waals surface area contributed by atoms with E-state index in [2.05, 4.69) is 25.9 Å². The Morgan fingerprint density at radius 3 is 2.83 bits per heavy atom. The van der Waals surface area contributed by atoms with Gasteiger partial charge in [0.2, 0.25) is 5.91 Å². The third kappa shape index (κ3) is 6.00. The van der Waals surface area contributed by atoms with Crippen LogP contribution in [0.15, 0.2) is 35.5 Å². The molecule has 0 aliphatic carbocycles. The fourth-order valence-corrected chi connectivity index (χ4v) is 2.83. The minimum atomic E-state index is -0.0793. The summed E-state index contributed by atoms with van der Waals surface area (Å²) in [4.78, 5) is 21.3. The highest BCUT2D eigenvalue weighted by molar-refractivity contribution is 7.11. The van der Waals surface area contributed by atoms with Gasteiger partial charge in [-0.05, 0) is 31.5 Å². The Morgan fingerprint density at radius 2 is 2.17 bits per heavy atom.